The minimum Gasteiger partial charge on any atom is -0.382 e. The fraction of sp³-hybridized carbons (Fsp3) is 0.556. The number of hydrogen-bond donors (Lipinski definition) is 0. The minimum absolute atomic E-state index is 0.593. The average molecular weight is 457 g/mol. The summed E-state index contributed by atoms with van der Waals surface area (Å²) in [5.41, 5.74) is 5.61. The highest BCUT2D eigenvalue weighted by Gasteiger charge is 2.19. The lowest BCUT2D eigenvalue weighted by atomic mass is 10.0. The van der Waals surface area contributed by atoms with Crippen LogP contribution in [0.1, 0.15) is 17.5 Å². The Balaban J connectivity index is 1.32. The highest BCUT2D eigenvalue weighted by Crippen LogP contribution is 2.35. The van der Waals surface area contributed by atoms with E-state index in [2.05, 4.69) is 65.4 Å². The molecule has 0 radical (unpaired) electrons. The second-order valence-electron chi connectivity index (χ2n) is 8.40. The van der Waals surface area contributed by atoms with Crippen molar-refractivity contribution in [2.24, 2.45) is 0 Å². The van der Waals surface area contributed by atoms with Gasteiger partial charge in [0.05, 0.1) is 46.2 Å². The molecule has 0 spiro atoms. The predicted molar refractivity (Wildman–Crippen MR) is 134 cm³/mol. The minimum atomic E-state index is 0.593. The van der Waals surface area contributed by atoms with Gasteiger partial charge in [-0.25, -0.2) is 0 Å². The fourth-order valence-corrected chi connectivity index (χ4v) is 4.13. The molecule has 1 heterocycles. The third-order valence-electron chi connectivity index (χ3n) is 5.94. The molecule has 182 valence electrons. The van der Waals surface area contributed by atoms with Gasteiger partial charge in [-0.05, 0) is 56.1 Å². The number of para-hydroxylation sites is 2. The van der Waals surface area contributed by atoms with Crippen LogP contribution in [0.2, 0.25) is 0 Å². The van der Waals surface area contributed by atoms with Crippen LogP contribution in [0.25, 0.3) is 0 Å². The summed E-state index contributed by atoms with van der Waals surface area (Å²) in [5.74, 6) is 0. The number of rotatable bonds is 16. The summed E-state index contributed by atoms with van der Waals surface area (Å²) in [4.78, 5) is 4.86. The van der Waals surface area contributed by atoms with Crippen molar-refractivity contribution >= 4 is 11.4 Å². The highest BCUT2D eigenvalue weighted by molar-refractivity contribution is 5.71. The Morgan fingerprint density at radius 3 is 1.79 bits per heavy atom. The van der Waals surface area contributed by atoms with Gasteiger partial charge in [-0.2, -0.15) is 0 Å². The maximum Gasteiger partial charge on any atom is 0.0701 e. The molecule has 1 aliphatic heterocycles. The highest BCUT2D eigenvalue weighted by atomic mass is 16.6. The Morgan fingerprint density at radius 1 is 0.697 bits per heavy atom. The van der Waals surface area contributed by atoms with Crippen LogP contribution in [-0.2, 0) is 31.8 Å². The van der Waals surface area contributed by atoms with Gasteiger partial charge in [-0.1, -0.05) is 36.4 Å². The summed E-state index contributed by atoms with van der Waals surface area (Å²) in [6.45, 7) is 7.34. The lowest BCUT2D eigenvalue weighted by molar-refractivity contribution is 0.00171. The van der Waals surface area contributed by atoms with Crippen LogP contribution >= 0.6 is 0 Å². The maximum absolute atomic E-state index is 5.72. The molecule has 0 bridgehead atoms. The number of aryl methyl sites for hydroxylation is 2. The molecule has 6 nitrogen and oxygen atoms in total. The van der Waals surface area contributed by atoms with Crippen molar-refractivity contribution in [1.82, 2.24) is 4.90 Å². The predicted octanol–water partition coefficient (Wildman–Crippen LogP) is 3.94. The SMILES string of the molecule is COCCOCCOCCOCCN(C)CCCN1c2ccccc2CCc2ccccc21. The molecule has 0 N–H and O–H groups in total. The molecule has 6 heteroatoms. The van der Waals surface area contributed by atoms with Crippen molar-refractivity contribution in [3.05, 3.63) is 59.7 Å². The van der Waals surface area contributed by atoms with E-state index in [0.717, 1.165) is 45.5 Å². The van der Waals surface area contributed by atoms with Crippen molar-refractivity contribution < 1.29 is 18.9 Å². The Hall–Kier alpha value is -1.96. The van der Waals surface area contributed by atoms with Gasteiger partial charge < -0.3 is 28.7 Å². The van der Waals surface area contributed by atoms with E-state index in [0.29, 0.717) is 39.6 Å². The van der Waals surface area contributed by atoms with Crippen LogP contribution in [-0.4, -0.2) is 84.9 Å². The smallest absolute Gasteiger partial charge is 0.0701 e. The standard InChI is InChI=1S/C27H40N2O4/c1-28(16-17-31-20-21-33-23-22-32-19-18-30-2)14-7-15-29-26-10-5-3-8-24(26)12-13-25-9-4-6-11-27(25)29/h3-6,8-11H,7,12-23H2,1-2H3. The number of fused-ring (bicyclic) bond motifs is 2. The van der Waals surface area contributed by atoms with E-state index in [1.807, 2.05) is 0 Å². The zero-order valence-corrected chi connectivity index (χ0v) is 20.3. The third-order valence-corrected chi connectivity index (χ3v) is 5.94. The van der Waals surface area contributed by atoms with Crippen molar-refractivity contribution in [3.8, 4) is 0 Å². The van der Waals surface area contributed by atoms with Gasteiger partial charge in [0.25, 0.3) is 0 Å². The molecule has 0 fully saturated rings. The second-order valence-corrected chi connectivity index (χ2v) is 8.40. The summed E-state index contributed by atoms with van der Waals surface area (Å²) >= 11 is 0. The first-order valence-electron chi connectivity index (χ1n) is 12.1. The van der Waals surface area contributed by atoms with Gasteiger partial charge in [-0.3, -0.25) is 0 Å². The van der Waals surface area contributed by atoms with Gasteiger partial charge in [0.15, 0.2) is 0 Å². The van der Waals surface area contributed by atoms with E-state index < -0.39 is 0 Å². The first kappa shape index (κ1) is 25.7. The molecule has 2 aromatic carbocycles. The van der Waals surface area contributed by atoms with Crippen molar-refractivity contribution in [1.29, 1.82) is 0 Å². The van der Waals surface area contributed by atoms with E-state index in [1.165, 1.54) is 22.5 Å². The summed E-state index contributed by atoms with van der Waals surface area (Å²) in [6, 6.07) is 17.7. The lowest BCUT2D eigenvalue weighted by Crippen LogP contribution is -2.28. The van der Waals surface area contributed by atoms with E-state index in [1.54, 1.807) is 7.11 Å². The van der Waals surface area contributed by atoms with E-state index in [9.17, 15) is 0 Å². The Kier molecular flexibility index (Phi) is 11.7. The summed E-state index contributed by atoms with van der Waals surface area (Å²) in [5, 5.41) is 0. The van der Waals surface area contributed by atoms with Gasteiger partial charge in [0, 0.05) is 31.6 Å². The van der Waals surface area contributed by atoms with Crippen molar-refractivity contribution in [3.63, 3.8) is 0 Å². The number of methoxy groups -OCH3 is 1. The topological polar surface area (TPSA) is 43.4 Å². The second kappa shape index (κ2) is 15.0. The zero-order chi connectivity index (χ0) is 23.1. The van der Waals surface area contributed by atoms with E-state index in [-0.39, 0.29) is 0 Å². The van der Waals surface area contributed by atoms with Crippen LogP contribution in [0, 0.1) is 0 Å². The molecule has 0 atom stereocenters. The van der Waals surface area contributed by atoms with Gasteiger partial charge in [0.1, 0.15) is 0 Å². The molecule has 2 aromatic rings. The van der Waals surface area contributed by atoms with Gasteiger partial charge >= 0.3 is 0 Å². The van der Waals surface area contributed by atoms with Crippen LogP contribution in [0.15, 0.2) is 48.5 Å². The first-order valence-corrected chi connectivity index (χ1v) is 12.1. The van der Waals surface area contributed by atoms with Crippen molar-refractivity contribution in [2.45, 2.75) is 19.3 Å². The molecule has 0 saturated carbocycles. The summed E-state index contributed by atoms with van der Waals surface area (Å²) in [6.07, 6.45) is 3.31. The quantitative estimate of drug-likeness (QED) is 0.357. The average Bonchev–Trinajstić information content (AvgIpc) is 3.00. The first-order chi connectivity index (χ1) is 16.3. The molecule has 0 amide bonds. The molecule has 33 heavy (non-hydrogen) atoms. The molecular formula is C27H40N2O4. The Morgan fingerprint density at radius 2 is 1.21 bits per heavy atom. The molecule has 0 aromatic heterocycles. The van der Waals surface area contributed by atoms with Crippen LogP contribution in [0.3, 0.4) is 0 Å². The van der Waals surface area contributed by atoms with Gasteiger partial charge in [0.2, 0.25) is 0 Å². The normalized spacial score (nSPS) is 13.1. The lowest BCUT2D eigenvalue weighted by Gasteiger charge is -2.28. The molecule has 0 saturated heterocycles. The number of ether oxygens (including phenoxy) is 4. The fourth-order valence-electron chi connectivity index (χ4n) is 4.13. The number of anilines is 2. The van der Waals surface area contributed by atoms with Crippen LogP contribution < -0.4 is 4.90 Å². The molecule has 0 unspecified atom stereocenters. The maximum atomic E-state index is 5.72. The number of nitrogens with zero attached hydrogens (tertiary/aromatic N) is 2. The number of hydrogen-bond acceptors (Lipinski definition) is 6. The van der Waals surface area contributed by atoms with E-state index in [4.69, 9.17) is 18.9 Å². The molecular weight excluding hydrogens is 416 g/mol. The van der Waals surface area contributed by atoms with Crippen molar-refractivity contribution in [2.75, 3.05) is 84.9 Å². The van der Waals surface area contributed by atoms with Crippen LogP contribution in [0.4, 0.5) is 11.4 Å². The number of likely N-dealkylation sites (N-methyl/N-ethyl adjacent to an activating group) is 1. The number of benzene rings is 2. The van der Waals surface area contributed by atoms with Gasteiger partial charge in [-0.15, -0.1) is 0 Å². The van der Waals surface area contributed by atoms with Crippen LogP contribution in [0.5, 0.6) is 0 Å². The molecule has 1 aliphatic rings. The monoisotopic (exact) mass is 456 g/mol. The third kappa shape index (κ3) is 8.72. The summed E-state index contributed by atoms with van der Waals surface area (Å²) < 4.78 is 21.5. The molecule has 3 rings (SSSR count). The Bertz CT molecular complexity index is 754. The zero-order valence-electron chi connectivity index (χ0n) is 20.3. The summed E-state index contributed by atoms with van der Waals surface area (Å²) in [7, 11) is 3.84. The molecule has 0 aliphatic carbocycles. The Labute approximate surface area is 199 Å². The largest absolute Gasteiger partial charge is 0.382 e. The van der Waals surface area contributed by atoms with E-state index >= 15 is 0 Å².